The molecule has 0 aromatic heterocycles. The number of allylic oxidation sites excluding steroid dienone is 1. The van der Waals surface area contributed by atoms with Crippen molar-refractivity contribution >= 4 is 23.9 Å². The minimum absolute atomic E-state index is 0.0205. The maximum Gasteiger partial charge on any atom is 0.272 e. The fraction of sp³-hybridized carbons (Fsp3) is 0.643. The first-order valence-corrected chi connectivity index (χ1v) is 13.8. The van der Waals surface area contributed by atoms with Crippen LogP contribution in [-0.2, 0) is 22.4 Å². The average molecular weight is 473 g/mol. The molecule has 0 radical (unpaired) electrons. The number of unbranched alkanes of at least 4 members (excludes halogenated alkanes) is 3. The maximum atomic E-state index is 13.4. The van der Waals surface area contributed by atoms with Crippen LogP contribution >= 0.6 is 11.8 Å². The van der Waals surface area contributed by atoms with Crippen LogP contribution in [0.5, 0.6) is 0 Å². The van der Waals surface area contributed by atoms with Gasteiger partial charge in [0.1, 0.15) is 5.70 Å². The number of nitrogens with zero attached hydrogens (tertiary/aromatic N) is 2. The van der Waals surface area contributed by atoms with Gasteiger partial charge < -0.3 is 9.64 Å². The van der Waals surface area contributed by atoms with Crippen molar-refractivity contribution < 1.29 is 9.53 Å². The molecule has 1 saturated heterocycles. The van der Waals surface area contributed by atoms with Crippen molar-refractivity contribution in [3.8, 4) is 0 Å². The van der Waals surface area contributed by atoms with Gasteiger partial charge in [0.25, 0.3) is 5.91 Å². The Bertz CT molecular complexity index is 814. The van der Waals surface area contributed by atoms with Crippen LogP contribution in [0, 0.1) is 5.92 Å². The molecule has 184 valence electrons. The van der Waals surface area contributed by atoms with Gasteiger partial charge >= 0.3 is 0 Å². The third kappa shape index (κ3) is 8.94. The second-order valence-corrected chi connectivity index (χ2v) is 10.8. The van der Waals surface area contributed by atoms with Crippen molar-refractivity contribution in [2.24, 2.45) is 10.9 Å². The van der Waals surface area contributed by atoms with Gasteiger partial charge in [-0.15, -0.1) is 11.8 Å². The van der Waals surface area contributed by atoms with E-state index in [1.165, 1.54) is 28.9 Å². The summed E-state index contributed by atoms with van der Waals surface area (Å²) in [6, 6.07) is 6.84. The average Bonchev–Trinajstić information content (AvgIpc) is 2.77. The predicted molar refractivity (Wildman–Crippen MR) is 142 cm³/mol. The number of aliphatic imine (C=N–C) groups is 1. The first-order chi connectivity index (χ1) is 15.8. The van der Waals surface area contributed by atoms with Crippen molar-refractivity contribution in [2.75, 3.05) is 26.0 Å². The van der Waals surface area contributed by atoms with Crippen LogP contribution in [0.1, 0.15) is 77.8 Å². The Hall–Kier alpha value is -1.59. The highest BCUT2D eigenvalue weighted by Gasteiger charge is 2.35. The van der Waals surface area contributed by atoms with Crippen LogP contribution in [0.25, 0.3) is 0 Å². The summed E-state index contributed by atoms with van der Waals surface area (Å²) < 4.78 is 5.61. The van der Waals surface area contributed by atoms with Crippen LogP contribution in [0.4, 0.5) is 0 Å². The van der Waals surface area contributed by atoms with Gasteiger partial charge in [-0.25, -0.2) is 0 Å². The van der Waals surface area contributed by atoms with Crippen molar-refractivity contribution in [3.05, 3.63) is 41.1 Å². The number of hydrogen-bond donors (Lipinski definition) is 0. The first kappa shape index (κ1) is 27.7. The van der Waals surface area contributed by atoms with Gasteiger partial charge in [0, 0.05) is 17.7 Å². The molecule has 0 saturated carbocycles. The number of aryl methyl sites for hydroxylation is 1. The Morgan fingerprint density at radius 3 is 2.73 bits per heavy atom. The second-order valence-electron chi connectivity index (χ2n) is 10.0. The van der Waals surface area contributed by atoms with E-state index in [4.69, 9.17) is 4.74 Å². The van der Waals surface area contributed by atoms with E-state index in [0.717, 1.165) is 32.1 Å². The number of ether oxygens (including phenoxy) is 1. The molecule has 0 unspecified atom stereocenters. The molecule has 1 aliphatic rings. The molecule has 4 nitrogen and oxygen atoms in total. The molecular weight excluding hydrogens is 428 g/mol. The molecule has 0 N–H and O–H groups in total. The van der Waals surface area contributed by atoms with Gasteiger partial charge in [-0.2, -0.15) is 0 Å². The highest BCUT2D eigenvalue weighted by atomic mass is 32.2. The van der Waals surface area contributed by atoms with Gasteiger partial charge in [0.2, 0.25) is 0 Å². The Labute approximate surface area is 206 Å². The largest absolute Gasteiger partial charge is 0.377 e. The zero-order valence-corrected chi connectivity index (χ0v) is 22.5. The third-order valence-electron chi connectivity index (χ3n) is 6.03. The number of rotatable bonds is 12. The standard InChI is InChI=1S/C28H44N2O2S/c1-7-8-9-10-16-29-25(27(31)30-17-18-32-21-28(30,4)5)13-11-12-23-14-15-24(19-22(2)3)26(20-23)33-6/h13-16,20,22H,7-12,17-19,21H2,1-6H3/b25-13+,29-16?. The fourth-order valence-corrected chi connectivity index (χ4v) is 4.83. The van der Waals surface area contributed by atoms with E-state index in [0.29, 0.717) is 31.4 Å². The van der Waals surface area contributed by atoms with Crippen molar-refractivity contribution in [1.29, 1.82) is 0 Å². The zero-order valence-electron chi connectivity index (χ0n) is 21.7. The van der Waals surface area contributed by atoms with Gasteiger partial charge in [-0.3, -0.25) is 9.79 Å². The Kier molecular flexibility index (Phi) is 11.7. The fourth-order valence-electron chi connectivity index (χ4n) is 4.15. The van der Waals surface area contributed by atoms with Crippen molar-refractivity contribution in [2.45, 2.75) is 90.0 Å². The third-order valence-corrected chi connectivity index (χ3v) is 6.85. The Morgan fingerprint density at radius 1 is 1.27 bits per heavy atom. The van der Waals surface area contributed by atoms with Gasteiger partial charge in [-0.1, -0.05) is 51.8 Å². The Morgan fingerprint density at radius 2 is 2.06 bits per heavy atom. The molecule has 1 aliphatic heterocycles. The molecule has 1 heterocycles. The molecule has 0 aliphatic carbocycles. The summed E-state index contributed by atoms with van der Waals surface area (Å²) in [5.74, 6) is 0.671. The van der Waals surface area contributed by atoms with Crippen LogP contribution in [0.3, 0.4) is 0 Å². The van der Waals surface area contributed by atoms with E-state index in [-0.39, 0.29) is 11.4 Å². The lowest BCUT2D eigenvalue weighted by Crippen LogP contribution is -2.55. The predicted octanol–water partition coefficient (Wildman–Crippen LogP) is 6.71. The van der Waals surface area contributed by atoms with Gasteiger partial charge in [-0.05, 0) is 75.3 Å². The van der Waals surface area contributed by atoms with Crippen molar-refractivity contribution in [1.82, 2.24) is 4.90 Å². The summed E-state index contributed by atoms with van der Waals surface area (Å²) in [5.41, 5.74) is 3.00. The number of amides is 1. The molecule has 0 atom stereocenters. The number of carbonyl (C=O) groups is 1. The first-order valence-electron chi connectivity index (χ1n) is 12.6. The Balaban J connectivity index is 2.14. The monoisotopic (exact) mass is 472 g/mol. The number of hydrogen-bond acceptors (Lipinski definition) is 4. The lowest BCUT2D eigenvalue weighted by molar-refractivity contribution is -0.142. The molecule has 1 aromatic carbocycles. The van der Waals surface area contributed by atoms with Crippen LogP contribution in [-0.4, -0.2) is 48.6 Å². The van der Waals surface area contributed by atoms with E-state index >= 15 is 0 Å². The number of thioether (sulfide) groups is 1. The molecule has 0 bridgehead atoms. The summed E-state index contributed by atoms with van der Waals surface area (Å²) in [6.07, 6.45) is 13.3. The quantitative estimate of drug-likeness (QED) is 0.147. The summed E-state index contributed by atoms with van der Waals surface area (Å²) in [4.78, 5) is 21.4. The second kappa shape index (κ2) is 14.0. The molecular formula is C28H44N2O2S. The molecule has 0 spiro atoms. The lowest BCUT2D eigenvalue weighted by Gasteiger charge is -2.42. The van der Waals surface area contributed by atoms with Crippen LogP contribution in [0.2, 0.25) is 0 Å². The van der Waals surface area contributed by atoms with Gasteiger partial charge in [0.15, 0.2) is 0 Å². The van der Waals surface area contributed by atoms with E-state index in [1.807, 2.05) is 29.0 Å². The summed E-state index contributed by atoms with van der Waals surface area (Å²) in [7, 11) is 0. The molecule has 1 aromatic rings. The molecule has 1 fully saturated rings. The molecule has 5 heteroatoms. The normalized spacial score (nSPS) is 16.7. The molecule has 1 amide bonds. The van der Waals surface area contributed by atoms with E-state index < -0.39 is 0 Å². The molecule has 2 rings (SSSR count). The van der Waals surface area contributed by atoms with E-state index in [1.54, 1.807) is 0 Å². The summed E-state index contributed by atoms with van der Waals surface area (Å²) in [6.45, 7) is 12.6. The topological polar surface area (TPSA) is 41.9 Å². The van der Waals surface area contributed by atoms with Crippen LogP contribution < -0.4 is 0 Å². The number of carbonyl (C=O) groups excluding carboxylic acids is 1. The van der Waals surface area contributed by atoms with Crippen LogP contribution in [0.15, 0.2) is 39.9 Å². The highest BCUT2D eigenvalue weighted by Crippen LogP contribution is 2.26. The highest BCUT2D eigenvalue weighted by molar-refractivity contribution is 7.98. The molecule has 33 heavy (non-hydrogen) atoms. The maximum absolute atomic E-state index is 13.4. The number of benzene rings is 1. The number of morpholine rings is 1. The summed E-state index contributed by atoms with van der Waals surface area (Å²) in [5, 5.41) is 0. The van der Waals surface area contributed by atoms with E-state index in [9.17, 15) is 4.79 Å². The van der Waals surface area contributed by atoms with E-state index in [2.05, 4.69) is 64.1 Å². The SMILES string of the molecule is CCCCCC=N/C(=C/CCc1ccc(CC(C)C)c(SC)c1)C(=O)N1CCOCC1(C)C. The lowest BCUT2D eigenvalue weighted by atomic mass is 10.00. The zero-order chi connectivity index (χ0) is 24.3. The summed E-state index contributed by atoms with van der Waals surface area (Å²) >= 11 is 1.82. The minimum Gasteiger partial charge on any atom is -0.377 e. The van der Waals surface area contributed by atoms with Gasteiger partial charge in [0.05, 0.1) is 18.8 Å². The van der Waals surface area contributed by atoms with Crippen molar-refractivity contribution in [3.63, 3.8) is 0 Å². The minimum atomic E-state index is -0.314. The smallest absolute Gasteiger partial charge is 0.272 e.